The fourth-order valence-corrected chi connectivity index (χ4v) is 4.14. The van der Waals surface area contributed by atoms with Crippen molar-refractivity contribution in [2.45, 2.75) is 25.1 Å². The zero-order valence-corrected chi connectivity index (χ0v) is 19.0. The minimum atomic E-state index is -4.69. The molecule has 3 aromatic rings. The van der Waals surface area contributed by atoms with E-state index in [0.717, 1.165) is 6.07 Å². The van der Waals surface area contributed by atoms with Crippen LogP contribution in [0.25, 0.3) is 0 Å². The molecular formula is C22H18Cl2F3N5O2. The molecule has 2 aromatic heterocycles. The van der Waals surface area contributed by atoms with Gasteiger partial charge in [-0.05, 0) is 36.2 Å². The van der Waals surface area contributed by atoms with Gasteiger partial charge in [0.05, 0.1) is 21.7 Å². The highest BCUT2D eigenvalue weighted by molar-refractivity contribution is 6.39. The van der Waals surface area contributed by atoms with E-state index in [1.807, 2.05) is 0 Å². The minimum Gasteiger partial charge on any atom is -0.391 e. The molecule has 3 heterocycles. The maximum Gasteiger partial charge on any atom is 0.433 e. The minimum absolute atomic E-state index is 0.0465. The number of nitrogens with zero attached hydrogens (tertiary/aromatic N) is 4. The lowest BCUT2D eigenvalue weighted by atomic mass is 10.0. The topological polar surface area (TPSA) is 91.2 Å². The Morgan fingerprint density at radius 3 is 2.53 bits per heavy atom. The number of aromatic nitrogens is 3. The van der Waals surface area contributed by atoms with E-state index in [9.17, 15) is 23.1 Å². The van der Waals surface area contributed by atoms with Gasteiger partial charge in [0.25, 0.3) is 0 Å². The summed E-state index contributed by atoms with van der Waals surface area (Å²) in [6.07, 6.45) is -3.56. The van der Waals surface area contributed by atoms with Gasteiger partial charge in [-0.15, -0.1) is 0 Å². The number of β-amino-alcohol motifs (C(OH)–C–C–N with tert-alkyl or cyclic N) is 1. The summed E-state index contributed by atoms with van der Waals surface area (Å²) in [6.45, 7) is 0.476. The van der Waals surface area contributed by atoms with Crippen LogP contribution in [-0.2, 0) is 12.6 Å². The molecule has 0 radical (unpaired) electrons. The van der Waals surface area contributed by atoms with Crippen LogP contribution in [0.2, 0.25) is 10.0 Å². The molecule has 1 atom stereocenters. The van der Waals surface area contributed by atoms with Crippen molar-refractivity contribution in [1.29, 1.82) is 0 Å². The van der Waals surface area contributed by atoms with Gasteiger partial charge in [0.2, 0.25) is 5.95 Å². The summed E-state index contributed by atoms with van der Waals surface area (Å²) >= 11 is 12.2. The molecule has 1 saturated heterocycles. The zero-order valence-electron chi connectivity index (χ0n) is 17.5. The third-order valence-corrected chi connectivity index (χ3v) is 5.77. The standard InChI is InChI=1S/C22H18Cl2F3N5O2/c23-14-2-1-3-15(24)20(14)16(34)8-12-4-6-28-18(9-12)30-19-10-17(22(25,26)27)29-21(31-19)32-7-5-13(33)11-32/h1-4,6,9-10,13,33H,5,7-8,11H2,(H,28,29,30,31)/t13-/m0/s1. The number of aliphatic hydroxyl groups excluding tert-OH is 1. The number of aliphatic hydroxyl groups is 1. The second-order valence-electron chi connectivity index (χ2n) is 7.70. The Morgan fingerprint density at radius 2 is 1.88 bits per heavy atom. The predicted octanol–water partition coefficient (Wildman–Crippen LogP) is 4.94. The van der Waals surface area contributed by atoms with Crippen LogP contribution >= 0.6 is 23.2 Å². The number of rotatable bonds is 6. The molecule has 0 unspecified atom stereocenters. The van der Waals surface area contributed by atoms with Gasteiger partial charge in [-0.1, -0.05) is 29.3 Å². The lowest BCUT2D eigenvalue weighted by Gasteiger charge is -2.18. The molecule has 0 saturated carbocycles. The first-order valence-corrected chi connectivity index (χ1v) is 10.9. The first-order chi connectivity index (χ1) is 16.1. The van der Waals surface area contributed by atoms with Gasteiger partial charge in [0.15, 0.2) is 11.5 Å². The first kappa shape index (κ1) is 24.2. The molecule has 1 aliphatic rings. The molecule has 12 heteroatoms. The Bertz CT molecular complexity index is 1210. The number of carbonyl (C=O) groups excluding carboxylic acids is 1. The highest BCUT2D eigenvalue weighted by Gasteiger charge is 2.35. The van der Waals surface area contributed by atoms with Crippen molar-refractivity contribution in [2.75, 3.05) is 23.3 Å². The number of pyridine rings is 1. The van der Waals surface area contributed by atoms with Crippen molar-refractivity contribution in [1.82, 2.24) is 15.0 Å². The summed E-state index contributed by atoms with van der Waals surface area (Å²) in [5.74, 6) is -0.392. The van der Waals surface area contributed by atoms with Crippen LogP contribution < -0.4 is 10.2 Å². The predicted molar refractivity (Wildman–Crippen MR) is 122 cm³/mol. The van der Waals surface area contributed by atoms with E-state index in [2.05, 4.69) is 20.3 Å². The van der Waals surface area contributed by atoms with Crippen molar-refractivity contribution >= 4 is 46.6 Å². The maximum absolute atomic E-state index is 13.4. The van der Waals surface area contributed by atoms with Crippen molar-refractivity contribution < 1.29 is 23.1 Å². The summed E-state index contributed by atoms with van der Waals surface area (Å²) in [6, 6.07) is 8.65. The number of benzene rings is 1. The molecule has 1 aliphatic heterocycles. The Balaban J connectivity index is 1.58. The van der Waals surface area contributed by atoms with E-state index in [-0.39, 0.29) is 51.9 Å². The molecule has 178 valence electrons. The number of Topliss-reactive ketones (excluding diaryl/α,β-unsaturated/α-hetero) is 1. The van der Waals surface area contributed by atoms with Gasteiger partial charge in [-0.25, -0.2) is 9.97 Å². The van der Waals surface area contributed by atoms with E-state index < -0.39 is 18.0 Å². The fourth-order valence-electron chi connectivity index (χ4n) is 3.53. The second-order valence-corrected chi connectivity index (χ2v) is 8.51. The Hall–Kier alpha value is -2.95. The molecule has 34 heavy (non-hydrogen) atoms. The molecule has 0 amide bonds. The highest BCUT2D eigenvalue weighted by Crippen LogP contribution is 2.32. The van der Waals surface area contributed by atoms with Gasteiger partial charge in [0, 0.05) is 31.8 Å². The van der Waals surface area contributed by atoms with Crippen LogP contribution in [0, 0.1) is 0 Å². The normalized spacial score (nSPS) is 16.1. The number of hydrogen-bond acceptors (Lipinski definition) is 7. The molecule has 2 N–H and O–H groups in total. The molecular weight excluding hydrogens is 494 g/mol. The average Bonchev–Trinajstić information content (AvgIpc) is 3.19. The number of carbonyl (C=O) groups is 1. The number of halogens is 5. The molecule has 0 aliphatic carbocycles. The average molecular weight is 512 g/mol. The van der Waals surface area contributed by atoms with Gasteiger partial charge in [-0.2, -0.15) is 18.2 Å². The van der Waals surface area contributed by atoms with Gasteiger partial charge < -0.3 is 15.3 Å². The Kier molecular flexibility index (Phi) is 6.92. The van der Waals surface area contributed by atoms with Crippen LogP contribution in [-0.4, -0.2) is 45.0 Å². The largest absolute Gasteiger partial charge is 0.433 e. The molecule has 1 aromatic carbocycles. The van der Waals surface area contributed by atoms with Crippen LogP contribution in [0.15, 0.2) is 42.6 Å². The highest BCUT2D eigenvalue weighted by atomic mass is 35.5. The number of alkyl halides is 3. The van der Waals surface area contributed by atoms with Gasteiger partial charge in [-0.3, -0.25) is 4.79 Å². The van der Waals surface area contributed by atoms with Crippen molar-refractivity contribution in [3.05, 3.63) is 69.5 Å². The maximum atomic E-state index is 13.4. The zero-order chi connectivity index (χ0) is 24.5. The molecule has 0 spiro atoms. The third kappa shape index (κ3) is 5.57. The Morgan fingerprint density at radius 1 is 1.15 bits per heavy atom. The van der Waals surface area contributed by atoms with Crippen molar-refractivity contribution in [3.63, 3.8) is 0 Å². The summed E-state index contributed by atoms with van der Waals surface area (Å²) in [5.41, 5.74) is -0.382. The molecule has 7 nitrogen and oxygen atoms in total. The smallest absolute Gasteiger partial charge is 0.391 e. The molecule has 0 bridgehead atoms. The van der Waals surface area contributed by atoms with E-state index >= 15 is 0 Å². The second kappa shape index (κ2) is 9.73. The number of nitrogens with one attached hydrogen (secondary N) is 1. The monoisotopic (exact) mass is 511 g/mol. The number of hydrogen-bond donors (Lipinski definition) is 2. The van der Waals surface area contributed by atoms with Crippen LogP contribution in [0.4, 0.5) is 30.8 Å². The lowest BCUT2D eigenvalue weighted by Crippen LogP contribution is -2.25. The van der Waals surface area contributed by atoms with Crippen LogP contribution in [0.1, 0.15) is 28.0 Å². The lowest BCUT2D eigenvalue weighted by molar-refractivity contribution is -0.141. The SMILES string of the molecule is O=C(Cc1ccnc(Nc2cc(C(F)(F)F)nc(N3CC[C@H](O)C3)n2)c1)c1c(Cl)cccc1Cl. The van der Waals surface area contributed by atoms with Gasteiger partial charge >= 0.3 is 6.18 Å². The van der Waals surface area contributed by atoms with Crippen molar-refractivity contribution in [3.8, 4) is 0 Å². The van der Waals surface area contributed by atoms with E-state index in [1.54, 1.807) is 24.3 Å². The molecule has 1 fully saturated rings. The van der Waals surface area contributed by atoms with Crippen LogP contribution in [0.5, 0.6) is 0 Å². The van der Waals surface area contributed by atoms with E-state index in [1.165, 1.54) is 17.2 Å². The van der Waals surface area contributed by atoms with E-state index in [0.29, 0.717) is 18.5 Å². The third-order valence-electron chi connectivity index (χ3n) is 5.14. The summed E-state index contributed by atoms with van der Waals surface area (Å²) < 4.78 is 40.3. The summed E-state index contributed by atoms with van der Waals surface area (Å²) in [5, 5.41) is 12.9. The van der Waals surface area contributed by atoms with Crippen LogP contribution in [0.3, 0.4) is 0 Å². The quantitative estimate of drug-likeness (QED) is 0.453. The first-order valence-electron chi connectivity index (χ1n) is 10.2. The number of anilines is 3. The van der Waals surface area contributed by atoms with Gasteiger partial charge in [0.1, 0.15) is 11.6 Å². The van der Waals surface area contributed by atoms with Crippen molar-refractivity contribution in [2.24, 2.45) is 0 Å². The van der Waals surface area contributed by atoms with E-state index in [4.69, 9.17) is 23.2 Å². The summed E-state index contributed by atoms with van der Waals surface area (Å²) in [4.78, 5) is 26.1. The summed E-state index contributed by atoms with van der Waals surface area (Å²) in [7, 11) is 0. The molecule has 4 rings (SSSR count). The Labute approximate surface area is 202 Å². The number of ketones is 1. The fraction of sp³-hybridized carbons (Fsp3) is 0.273.